The van der Waals surface area contributed by atoms with Gasteiger partial charge in [-0.2, -0.15) is 0 Å². The first kappa shape index (κ1) is 12.7. The van der Waals surface area contributed by atoms with Gasteiger partial charge in [0.05, 0.1) is 6.61 Å². The van der Waals surface area contributed by atoms with Crippen LogP contribution in [0.15, 0.2) is 12.1 Å². The Kier molecular flexibility index (Phi) is 3.37. The van der Waals surface area contributed by atoms with E-state index < -0.39 is 0 Å². The zero-order valence-corrected chi connectivity index (χ0v) is 11.5. The number of benzene rings is 1. The van der Waals surface area contributed by atoms with Crippen LogP contribution in [0.2, 0.25) is 5.02 Å². The number of hydrogen-bond acceptors (Lipinski definition) is 2. The zero-order valence-electron chi connectivity index (χ0n) is 10.7. The van der Waals surface area contributed by atoms with Crippen molar-refractivity contribution in [1.29, 1.82) is 0 Å². The van der Waals surface area contributed by atoms with Crippen molar-refractivity contribution in [1.82, 2.24) is 0 Å². The Morgan fingerprint density at radius 1 is 1.41 bits per heavy atom. The number of fused-ring (bicyclic) bond motifs is 1. The number of rotatable bonds is 2. The van der Waals surface area contributed by atoms with Gasteiger partial charge < -0.3 is 10.5 Å². The van der Waals surface area contributed by atoms with Gasteiger partial charge in [0.1, 0.15) is 5.75 Å². The molecular weight excluding hydrogens is 234 g/mol. The van der Waals surface area contributed by atoms with Gasteiger partial charge in [-0.3, -0.25) is 0 Å². The maximum Gasteiger partial charge on any atom is 0.125 e. The normalized spacial score (nSPS) is 16.5. The van der Waals surface area contributed by atoms with Gasteiger partial charge in [-0.15, -0.1) is 0 Å². The monoisotopic (exact) mass is 253 g/mol. The minimum Gasteiger partial charge on any atom is -0.493 e. The predicted octanol–water partition coefficient (Wildman–Crippen LogP) is 3.19. The van der Waals surface area contributed by atoms with Crippen LogP contribution in [0.5, 0.6) is 5.75 Å². The highest BCUT2D eigenvalue weighted by Crippen LogP contribution is 2.34. The molecule has 0 saturated heterocycles. The highest BCUT2D eigenvalue weighted by Gasteiger charge is 2.24. The van der Waals surface area contributed by atoms with Crippen molar-refractivity contribution in [3.63, 3.8) is 0 Å². The van der Waals surface area contributed by atoms with Crippen LogP contribution in [-0.2, 0) is 12.8 Å². The van der Waals surface area contributed by atoms with Gasteiger partial charge in [0.25, 0.3) is 0 Å². The summed E-state index contributed by atoms with van der Waals surface area (Å²) in [6.45, 7) is 7.23. The van der Waals surface area contributed by atoms with Crippen molar-refractivity contribution in [3.8, 4) is 5.75 Å². The molecule has 2 rings (SSSR count). The molecule has 94 valence electrons. The first-order valence-corrected chi connectivity index (χ1v) is 6.45. The molecule has 3 heteroatoms. The summed E-state index contributed by atoms with van der Waals surface area (Å²) in [6, 6.07) is 4.09. The number of halogens is 1. The van der Waals surface area contributed by atoms with E-state index in [-0.39, 0.29) is 11.5 Å². The van der Waals surface area contributed by atoms with Gasteiger partial charge in [0.2, 0.25) is 0 Å². The third-order valence-electron chi connectivity index (χ3n) is 3.38. The van der Waals surface area contributed by atoms with Crippen LogP contribution in [0.1, 0.15) is 31.9 Å². The molecule has 1 aromatic carbocycles. The van der Waals surface area contributed by atoms with Crippen molar-refractivity contribution in [2.24, 2.45) is 11.1 Å². The second-order valence-corrected chi connectivity index (χ2v) is 6.26. The smallest absolute Gasteiger partial charge is 0.125 e. The number of hydrogen-bond donors (Lipinski definition) is 1. The Balaban J connectivity index is 2.27. The van der Waals surface area contributed by atoms with Crippen LogP contribution < -0.4 is 10.5 Å². The third kappa shape index (κ3) is 2.75. The Bertz CT molecular complexity index is 423. The molecule has 0 amide bonds. The van der Waals surface area contributed by atoms with E-state index in [1.54, 1.807) is 0 Å². The molecule has 0 aliphatic carbocycles. The van der Waals surface area contributed by atoms with Crippen molar-refractivity contribution in [2.45, 2.75) is 39.7 Å². The Morgan fingerprint density at radius 2 is 2.12 bits per heavy atom. The summed E-state index contributed by atoms with van der Waals surface area (Å²) in [5.41, 5.74) is 8.68. The van der Waals surface area contributed by atoms with Crippen molar-refractivity contribution in [2.75, 3.05) is 6.61 Å². The summed E-state index contributed by atoms with van der Waals surface area (Å²) < 4.78 is 5.68. The van der Waals surface area contributed by atoms with E-state index in [1.165, 1.54) is 5.56 Å². The second-order valence-electron chi connectivity index (χ2n) is 5.83. The summed E-state index contributed by atoms with van der Waals surface area (Å²) in [6.07, 6.45) is 1.76. The third-order valence-corrected chi connectivity index (χ3v) is 3.60. The van der Waals surface area contributed by atoms with Crippen LogP contribution in [0.3, 0.4) is 0 Å². The Hall–Kier alpha value is -0.730. The Labute approximate surface area is 108 Å². The van der Waals surface area contributed by atoms with Crippen molar-refractivity contribution < 1.29 is 4.74 Å². The fourth-order valence-corrected chi connectivity index (χ4v) is 2.30. The lowest BCUT2D eigenvalue weighted by Gasteiger charge is -2.27. The minimum atomic E-state index is 0.0911. The summed E-state index contributed by atoms with van der Waals surface area (Å²) in [5.74, 6) is 1.01. The molecule has 1 aliphatic rings. The van der Waals surface area contributed by atoms with E-state index in [9.17, 15) is 0 Å². The van der Waals surface area contributed by atoms with E-state index in [0.29, 0.717) is 0 Å². The quantitative estimate of drug-likeness (QED) is 0.879. The van der Waals surface area contributed by atoms with Crippen LogP contribution >= 0.6 is 11.6 Å². The van der Waals surface area contributed by atoms with Crippen molar-refractivity contribution >= 4 is 11.6 Å². The molecule has 0 radical (unpaired) electrons. The lowest BCUT2D eigenvalue weighted by molar-refractivity contribution is 0.311. The maximum atomic E-state index is 6.23. The molecule has 17 heavy (non-hydrogen) atoms. The average Bonchev–Trinajstić information content (AvgIpc) is 2.63. The van der Waals surface area contributed by atoms with Crippen molar-refractivity contribution in [3.05, 3.63) is 28.3 Å². The van der Waals surface area contributed by atoms with Gasteiger partial charge in [0, 0.05) is 17.5 Å². The zero-order chi connectivity index (χ0) is 12.6. The molecule has 2 N–H and O–H groups in total. The van der Waals surface area contributed by atoms with E-state index in [1.807, 2.05) is 12.1 Å². The summed E-state index contributed by atoms with van der Waals surface area (Å²) in [5, 5.41) is 0.783. The summed E-state index contributed by atoms with van der Waals surface area (Å²) in [4.78, 5) is 0. The van der Waals surface area contributed by atoms with Crippen LogP contribution in [-0.4, -0.2) is 12.6 Å². The van der Waals surface area contributed by atoms with Gasteiger partial charge in [-0.1, -0.05) is 32.4 Å². The number of nitrogens with two attached hydrogens (primary N) is 1. The van der Waals surface area contributed by atoms with E-state index >= 15 is 0 Å². The highest BCUT2D eigenvalue weighted by atomic mass is 35.5. The molecule has 1 aromatic rings. The van der Waals surface area contributed by atoms with Gasteiger partial charge in [0.15, 0.2) is 0 Å². The van der Waals surface area contributed by atoms with Crippen LogP contribution in [0.4, 0.5) is 0 Å². The molecule has 2 nitrogen and oxygen atoms in total. The van der Waals surface area contributed by atoms with Crippen LogP contribution in [0, 0.1) is 5.41 Å². The average molecular weight is 254 g/mol. The van der Waals surface area contributed by atoms with Gasteiger partial charge >= 0.3 is 0 Å². The molecule has 1 heterocycles. The summed E-state index contributed by atoms with van der Waals surface area (Å²) in [7, 11) is 0. The first-order valence-electron chi connectivity index (χ1n) is 6.07. The molecule has 0 aromatic heterocycles. The molecule has 0 fully saturated rings. The summed E-state index contributed by atoms with van der Waals surface area (Å²) >= 11 is 6.13. The molecular formula is C14H20ClNO. The SMILES string of the molecule is CC(C)(C)C(N)Cc1cc(Cl)cc2c1OCC2. The predicted molar refractivity (Wildman–Crippen MR) is 71.8 cm³/mol. The van der Waals surface area contributed by atoms with E-state index in [4.69, 9.17) is 22.1 Å². The minimum absolute atomic E-state index is 0.0911. The fourth-order valence-electron chi connectivity index (χ4n) is 2.04. The first-order chi connectivity index (χ1) is 7.88. The van der Waals surface area contributed by atoms with E-state index in [2.05, 4.69) is 20.8 Å². The topological polar surface area (TPSA) is 35.2 Å². The molecule has 1 atom stereocenters. The van der Waals surface area contributed by atoms with Gasteiger partial charge in [-0.25, -0.2) is 0 Å². The fraction of sp³-hybridized carbons (Fsp3) is 0.571. The Morgan fingerprint density at radius 3 is 2.76 bits per heavy atom. The molecule has 0 saturated carbocycles. The second kappa shape index (κ2) is 4.51. The maximum absolute atomic E-state index is 6.23. The standard InChI is InChI=1S/C14H20ClNO/c1-14(2,3)12(16)8-10-7-11(15)6-9-4-5-17-13(9)10/h6-7,12H,4-5,8,16H2,1-3H3. The molecule has 1 unspecified atom stereocenters. The molecule has 0 spiro atoms. The van der Waals surface area contributed by atoms with E-state index in [0.717, 1.165) is 35.8 Å². The van der Waals surface area contributed by atoms with Gasteiger partial charge in [-0.05, 0) is 35.1 Å². The van der Waals surface area contributed by atoms with Crippen LogP contribution in [0.25, 0.3) is 0 Å². The largest absolute Gasteiger partial charge is 0.493 e. The lowest BCUT2D eigenvalue weighted by atomic mass is 9.83. The lowest BCUT2D eigenvalue weighted by Crippen LogP contribution is -2.36. The highest BCUT2D eigenvalue weighted by molar-refractivity contribution is 6.30. The number of ether oxygens (including phenoxy) is 1. The molecule has 1 aliphatic heterocycles. The molecule has 0 bridgehead atoms.